The van der Waals surface area contributed by atoms with E-state index in [0.717, 1.165) is 21.5 Å². The van der Waals surface area contributed by atoms with Crippen LogP contribution in [0.3, 0.4) is 0 Å². The summed E-state index contributed by atoms with van der Waals surface area (Å²) in [4.78, 5) is 11.0. The molecule has 194 valence electrons. The van der Waals surface area contributed by atoms with Crippen molar-refractivity contribution in [3.8, 4) is 28.6 Å². The molecule has 0 fully saturated rings. The molecular weight excluding hydrogens is 579 g/mol. The highest BCUT2D eigenvalue weighted by Crippen LogP contribution is 2.46. The molecule has 1 aliphatic heterocycles. The highest BCUT2D eigenvalue weighted by atomic mass is 79.9. The Balaban J connectivity index is 1.38. The summed E-state index contributed by atoms with van der Waals surface area (Å²) >= 11 is 4.78. The van der Waals surface area contributed by atoms with Crippen molar-refractivity contribution in [1.29, 1.82) is 0 Å². The quantitative estimate of drug-likeness (QED) is 0.199. The first kappa shape index (κ1) is 24.9. The minimum Gasteiger partial charge on any atom is -0.492 e. The molecule has 0 amide bonds. The van der Waals surface area contributed by atoms with E-state index in [1.807, 2.05) is 18.2 Å². The molecule has 0 aliphatic carbocycles. The molecule has 38 heavy (non-hydrogen) atoms. The number of hydrogen-bond donors (Lipinski definition) is 2. The first-order chi connectivity index (χ1) is 18.3. The third-order valence-corrected chi connectivity index (χ3v) is 8.42. The summed E-state index contributed by atoms with van der Waals surface area (Å²) in [6.07, 6.45) is 5.74. The summed E-state index contributed by atoms with van der Waals surface area (Å²) in [5.74, 6) is -1.72. The summed E-state index contributed by atoms with van der Waals surface area (Å²) in [6, 6.07) is 11.5. The Hall–Kier alpha value is -3.37. The Morgan fingerprint density at radius 2 is 1.95 bits per heavy atom. The molecule has 3 aromatic carbocycles. The van der Waals surface area contributed by atoms with Gasteiger partial charge in [-0.25, -0.2) is 13.8 Å². The predicted molar refractivity (Wildman–Crippen MR) is 145 cm³/mol. The Kier molecular flexibility index (Phi) is 6.19. The molecule has 5 nitrogen and oxygen atoms in total. The largest absolute Gasteiger partial charge is 0.492 e. The molecule has 1 atom stereocenters. The molecule has 0 bridgehead atoms. The van der Waals surface area contributed by atoms with Crippen LogP contribution in [0.4, 0.5) is 13.2 Å². The van der Waals surface area contributed by atoms with Crippen LogP contribution in [0.1, 0.15) is 24.6 Å². The molecule has 0 saturated carbocycles. The fourth-order valence-corrected chi connectivity index (χ4v) is 6.11. The number of para-hydroxylation sites is 1. The maximum Gasteiger partial charge on any atom is 0.204 e. The molecule has 6 rings (SSSR count). The molecule has 1 aliphatic rings. The van der Waals surface area contributed by atoms with Crippen LogP contribution in [0.25, 0.3) is 22.3 Å². The van der Waals surface area contributed by atoms with Crippen molar-refractivity contribution in [1.82, 2.24) is 15.0 Å². The summed E-state index contributed by atoms with van der Waals surface area (Å²) in [5, 5.41) is 0.501. The van der Waals surface area contributed by atoms with Crippen LogP contribution in [-0.4, -0.2) is 27.8 Å². The molecule has 2 aromatic heterocycles. The SMILES string of the molecule is CSc1c(Oc2ccc(F)c(-c3nc(C4(C)CCOc5c(Br)cccc54)c[nH]3)c2)c(F)c(F)c2[nH]ccc12. The highest BCUT2D eigenvalue weighted by molar-refractivity contribution is 9.10. The van der Waals surface area contributed by atoms with Crippen LogP contribution in [-0.2, 0) is 5.41 Å². The highest BCUT2D eigenvalue weighted by Gasteiger charge is 2.38. The molecule has 0 saturated heterocycles. The number of thioether (sulfide) groups is 1. The first-order valence-corrected chi connectivity index (χ1v) is 13.8. The number of ether oxygens (including phenoxy) is 2. The molecule has 2 N–H and O–H groups in total. The Morgan fingerprint density at radius 1 is 1.11 bits per heavy atom. The normalized spacial score (nSPS) is 16.9. The number of fused-ring (bicyclic) bond motifs is 2. The van der Waals surface area contributed by atoms with Gasteiger partial charge in [-0.05, 0) is 65.9 Å². The van der Waals surface area contributed by atoms with E-state index in [2.05, 4.69) is 32.8 Å². The first-order valence-electron chi connectivity index (χ1n) is 11.8. The lowest BCUT2D eigenvalue weighted by Gasteiger charge is -2.35. The molecule has 0 radical (unpaired) electrons. The van der Waals surface area contributed by atoms with Gasteiger partial charge in [0.25, 0.3) is 0 Å². The zero-order chi connectivity index (χ0) is 26.6. The van der Waals surface area contributed by atoms with E-state index in [4.69, 9.17) is 14.5 Å². The summed E-state index contributed by atoms with van der Waals surface area (Å²) in [7, 11) is 0. The number of nitrogens with one attached hydrogen (secondary N) is 2. The molecule has 1 unspecified atom stereocenters. The van der Waals surface area contributed by atoms with E-state index in [1.165, 1.54) is 36.2 Å². The van der Waals surface area contributed by atoms with E-state index < -0.39 is 22.9 Å². The topological polar surface area (TPSA) is 62.9 Å². The number of imidazole rings is 1. The van der Waals surface area contributed by atoms with Crippen LogP contribution in [0.2, 0.25) is 0 Å². The van der Waals surface area contributed by atoms with E-state index >= 15 is 8.78 Å². The standard InChI is InChI=1S/C28H21BrF3N3O2S/c1-28(9-11-36-24-17(28)4-3-5-18(24)29)20-13-34-27(35-20)16-12-14(6-7-19(16)30)37-25-22(32)21(31)23-15(8-10-33-23)26(25)38-2/h3-8,10,12-13,33H,9,11H2,1-2H3,(H,34,35). The number of aromatic amines is 2. The second-order valence-corrected chi connectivity index (χ2v) is 10.9. The number of aromatic nitrogens is 3. The Morgan fingerprint density at radius 3 is 2.76 bits per heavy atom. The number of nitrogens with zero attached hydrogens (tertiary/aromatic N) is 1. The fraction of sp³-hybridized carbons (Fsp3) is 0.179. The van der Waals surface area contributed by atoms with Crippen molar-refractivity contribution < 1.29 is 22.6 Å². The summed E-state index contributed by atoms with van der Waals surface area (Å²) in [6.45, 7) is 2.59. The van der Waals surface area contributed by atoms with E-state index in [1.54, 1.807) is 18.5 Å². The van der Waals surface area contributed by atoms with Gasteiger partial charge < -0.3 is 19.4 Å². The minimum atomic E-state index is -1.12. The predicted octanol–water partition coefficient (Wildman–Crippen LogP) is 8.34. The van der Waals surface area contributed by atoms with Gasteiger partial charge in [-0.1, -0.05) is 12.1 Å². The van der Waals surface area contributed by atoms with Crippen molar-refractivity contribution in [2.24, 2.45) is 0 Å². The van der Waals surface area contributed by atoms with Crippen LogP contribution in [0.5, 0.6) is 17.2 Å². The van der Waals surface area contributed by atoms with Crippen LogP contribution >= 0.6 is 27.7 Å². The van der Waals surface area contributed by atoms with Gasteiger partial charge in [0.2, 0.25) is 5.82 Å². The molecule has 3 heterocycles. The van der Waals surface area contributed by atoms with E-state index in [0.29, 0.717) is 29.1 Å². The van der Waals surface area contributed by atoms with Crippen molar-refractivity contribution in [2.75, 3.05) is 12.9 Å². The van der Waals surface area contributed by atoms with Gasteiger partial charge in [-0.2, -0.15) is 4.39 Å². The van der Waals surface area contributed by atoms with Gasteiger partial charge in [0, 0.05) is 28.8 Å². The number of hydrogen-bond acceptors (Lipinski definition) is 4. The fourth-order valence-electron chi connectivity index (χ4n) is 4.92. The lowest BCUT2D eigenvalue weighted by molar-refractivity contribution is 0.240. The van der Waals surface area contributed by atoms with E-state index in [-0.39, 0.29) is 22.6 Å². The lowest BCUT2D eigenvalue weighted by atomic mass is 9.75. The Labute approximate surface area is 228 Å². The van der Waals surface area contributed by atoms with Gasteiger partial charge in [0.1, 0.15) is 23.1 Å². The Bertz CT molecular complexity index is 1700. The molecule has 10 heteroatoms. The average molecular weight is 600 g/mol. The van der Waals surface area contributed by atoms with Crippen LogP contribution in [0.15, 0.2) is 64.2 Å². The number of H-pyrrole nitrogens is 2. The third-order valence-electron chi connectivity index (χ3n) is 6.98. The van der Waals surface area contributed by atoms with Crippen molar-refractivity contribution in [3.05, 3.63) is 88.0 Å². The summed E-state index contributed by atoms with van der Waals surface area (Å²) < 4.78 is 57.3. The second-order valence-electron chi connectivity index (χ2n) is 9.18. The smallest absolute Gasteiger partial charge is 0.204 e. The van der Waals surface area contributed by atoms with Gasteiger partial charge in [0.05, 0.1) is 32.7 Å². The maximum atomic E-state index is 15.0. The van der Waals surface area contributed by atoms with Gasteiger partial charge in [-0.15, -0.1) is 11.8 Å². The van der Waals surface area contributed by atoms with Crippen LogP contribution < -0.4 is 9.47 Å². The van der Waals surface area contributed by atoms with E-state index in [9.17, 15) is 4.39 Å². The third kappa shape index (κ3) is 3.89. The minimum absolute atomic E-state index is 0.0670. The zero-order valence-corrected chi connectivity index (χ0v) is 22.7. The van der Waals surface area contributed by atoms with Gasteiger partial charge in [-0.3, -0.25) is 0 Å². The number of benzene rings is 3. The van der Waals surface area contributed by atoms with Crippen molar-refractivity contribution >= 4 is 38.6 Å². The number of halogens is 4. The molecular formula is C28H21BrF3N3O2S. The maximum absolute atomic E-state index is 15.0. The zero-order valence-electron chi connectivity index (χ0n) is 20.3. The summed E-state index contributed by atoms with van der Waals surface area (Å²) in [5.41, 5.74) is 1.47. The van der Waals surface area contributed by atoms with Crippen molar-refractivity contribution in [3.63, 3.8) is 0 Å². The second kappa shape index (κ2) is 9.43. The molecule has 5 aromatic rings. The van der Waals surface area contributed by atoms with Gasteiger partial charge >= 0.3 is 0 Å². The monoisotopic (exact) mass is 599 g/mol. The number of rotatable bonds is 5. The molecule has 0 spiro atoms. The lowest BCUT2D eigenvalue weighted by Crippen LogP contribution is -2.31. The van der Waals surface area contributed by atoms with Crippen LogP contribution in [0, 0.1) is 17.5 Å². The van der Waals surface area contributed by atoms with Gasteiger partial charge in [0.15, 0.2) is 11.6 Å². The van der Waals surface area contributed by atoms with Crippen molar-refractivity contribution in [2.45, 2.75) is 23.7 Å². The average Bonchev–Trinajstić information content (AvgIpc) is 3.60.